The smallest absolute Gasteiger partial charge is 0.124 e. The quantitative estimate of drug-likeness (QED) is 0.800. The Balaban J connectivity index is 2.04. The minimum atomic E-state index is 0.517. The number of pyridine rings is 1. The molecule has 0 unspecified atom stereocenters. The Morgan fingerprint density at radius 3 is 2.95 bits per heavy atom. The van der Waals surface area contributed by atoms with Gasteiger partial charge in [0, 0.05) is 24.5 Å². The average molecular weight is 254 g/mol. The van der Waals surface area contributed by atoms with Crippen LogP contribution >= 0.6 is 0 Å². The number of hydrogen-bond donors (Lipinski definition) is 1. The maximum atomic E-state index is 5.62. The molecule has 0 fully saturated rings. The molecule has 2 rings (SSSR count). The monoisotopic (exact) mass is 254 g/mol. The lowest BCUT2D eigenvalue weighted by Crippen LogP contribution is -2.03. The summed E-state index contributed by atoms with van der Waals surface area (Å²) in [5, 5.41) is 3.35. The highest BCUT2D eigenvalue weighted by Gasteiger charge is 2.02. The van der Waals surface area contributed by atoms with Crippen LogP contribution in [0.5, 0.6) is 5.75 Å². The first-order valence-electron chi connectivity index (χ1n) is 6.26. The van der Waals surface area contributed by atoms with Crippen LogP contribution in [0.4, 0.5) is 5.69 Å². The highest BCUT2D eigenvalue weighted by atomic mass is 16.5. The van der Waals surface area contributed by atoms with Gasteiger partial charge in [0.1, 0.15) is 12.4 Å². The van der Waals surface area contributed by atoms with Gasteiger partial charge in [-0.15, -0.1) is 0 Å². The van der Waals surface area contributed by atoms with Crippen molar-refractivity contribution in [3.63, 3.8) is 0 Å². The van der Waals surface area contributed by atoms with Gasteiger partial charge in [-0.2, -0.15) is 0 Å². The fourth-order valence-corrected chi connectivity index (χ4v) is 1.79. The first kappa shape index (κ1) is 13.1. The number of para-hydroxylation sites is 1. The zero-order valence-electron chi connectivity index (χ0n) is 11.1. The van der Waals surface area contributed by atoms with Crippen LogP contribution in [0.25, 0.3) is 0 Å². The van der Waals surface area contributed by atoms with E-state index in [0.29, 0.717) is 13.2 Å². The molecule has 3 heteroatoms. The van der Waals surface area contributed by atoms with Gasteiger partial charge in [-0.1, -0.05) is 30.9 Å². The van der Waals surface area contributed by atoms with Crippen LogP contribution in [-0.2, 0) is 6.54 Å². The minimum absolute atomic E-state index is 0.517. The number of nitrogens with zero attached hydrogens (tertiary/aromatic N) is 1. The van der Waals surface area contributed by atoms with Gasteiger partial charge >= 0.3 is 0 Å². The van der Waals surface area contributed by atoms with E-state index in [1.807, 2.05) is 37.5 Å². The maximum Gasteiger partial charge on any atom is 0.124 e. The summed E-state index contributed by atoms with van der Waals surface area (Å²) in [5.74, 6) is 0.885. The number of aryl methyl sites for hydroxylation is 1. The van der Waals surface area contributed by atoms with Gasteiger partial charge in [-0.25, -0.2) is 0 Å². The van der Waals surface area contributed by atoms with Crippen molar-refractivity contribution >= 4 is 5.69 Å². The molecule has 2 aromatic rings. The molecule has 0 saturated carbocycles. The molecule has 0 radical (unpaired) electrons. The molecule has 0 aliphatic rings. The van der Waals surface area contributed by atoms with Gasteiger partial charge < -0.3 is 10.1 Å². The number of aromatic nitrogens is 1. The Bertz CT molecular complexity index is 552. The predicted octanol–water partition coefficient (Wildman–Crippen LogP) is 3.57. The summed E-state index contributed by atoms with van der Waals surface area (Å²) in [6.07, 6.45) is 5.40. The van der Waals surface area contributed by atoms with E-state index in [1.54, 1.807) is 6.08 Å². The molecule has 98 valence electrons. The maximum absolute atomic E-state index is 5.62. The van der Waals surface area contributed by atoms with Crippen molar-refractivity contribution in [2.75, 3.05) is 11.9 Å². The number of nitrogens with one attached hydrogen (secondary N) is 1. The molecule has 0 bridgehead atoms. The van der Waals surface area contributed by atoms with Crippen molar-refractivity contribution in [1.29, 1.82) is 0 Å². The zero-order chi connectivity index (χ0) is 13.5. The van der Waals surface area contributed by atoms with E-state index in [0.717, 1.165) is 22.6 Å². The summed E-state index contributed by atoms with van der Waals surface area (Å²) in [6.45, 7) is 6.91. The van der Waals surface area contributed by atoms with Crippen LogP contribution in [0.15, 0.2) is 55.4 Å². The van der Waals surface area contributed by atoms with Crippen molar-refractivity contribution in [2.45, 2.75) is 13.5 Å². The second-order valence-corrected chi connectivity index (χ2v) is 4.31. The van der Waals surface area contributed by atoms with Crippen LogP contribution < -0.4 is 10.1 Å². The number of hydrogen-bond acceptors (Lipinski definition) is 3. The molecule has 0 aliphatic heterocycles. The summed E-state index contributed by atoms with van der Waals surface area (Å²) in [4.78, 5) is 4.16. The zero-order valence-corrected chi connectivity index (χ0v) is 11.1. The van der Waals surface area contributed by atoms with E-state index in [9.17, 15) is 0 Å². The lowest BCUT2D eigenvalue weighted by atomic mass is 10.2. The molecule has 1 N–H and O–H groups in total. The predicted molar refractivity (Wildman–Crippen MR) is 78.4 cm³/mol. The van der Waals surface area contributed by atoms with Gasteiger partial charge in [0.15, 0.2) is 0 Å². The molecule has 0 spiro atoms. The van der Waals surface area contributed by atoms with Crippen molar-refractivity contribution in [3.05, 3.63) is 66.5 Å². The SMILES string of the molecule is C=CCOc1ccccc1CNc1cncc(C)c1. The summed E-state index contributed by atoms with van der Waals surface area (Å²) in [5.41, 5.74) is 3.27. The normalized spacial score (nSPS) is 9.95. The molecule has 0 saturated heterocycles. The van der Waals surface area contributed by atoms with Crippen molar-refractivity contribution in [3.8, 4) is 5.75 Å². The lowest BCUT2D eigenvalue weighted by molar-refractivity contribution is 0.359. The topological polar surface area (TPSA) is 34.1 Å². The molecule has 1 heterocycles. The van der Waals surface area contributed by atoms with Crippen LogP contribution in [0.2, 0.25) is 0 Å². The van der Waals surface area contributed by atoms with Crippen LogP contribution in [-0.4, -0.2) is 11.6 Å². The van der Waals surface area contributed by atoms with Gasteiger partial charge in [-0.3, -0.25) is 4.98 Å². The summed E-state index contributed by atoms with van der Waals surface area (Å²) < 4.78 is 5.62. The third-order valence-electron chi connectivity index (χ3n) is 2.69. The highest BCUT2D eigenvalue weighted by molar-refractivity contribution is 5.45. The number of ether oxygens (including phenoxy) is 1. The molecule has 0 atom stereocenters. The minimum Gasteiger partial charge on any atom is -0.489 e. The Hall–Kier alpha value is -2.29. The number of benzene rings is 1. The summed E-state index contributed by atoms with van der Waals surface area (Å²) in [7, 11) is 0. The van der Waals surface area contributed by atoms with Gasteiger partial charge in [0.2, 0.25) is 0 Å². The molecular formula is C16H18N2O. The van der Waals surface area contributed by atoms with E-state index >= 15 is 0 Å². The highest BCUT2D eigenvalue weighted by Crippen LogP contribution is 2.19. The van der Waals surface area contributed by atoms with Gasteiger partial charge in [0.25, 0.3) is 0 Å². The Morgan fingerprint density at radius 1 is 1.32 bits per heavy atom. The van der Waals surface area contributed by atoms with E-state index in [2.05, 4.69) is 29.0 Å². The van der Waals surface area contributed by atoms with Crippen molar-refractivity contribution < 1.29 is 4.74 Å². The standard InChI is InChI=1S/C16H18N2O/c1-3-8-19-16-7-5-4-6-14(16)11-18-15-9-13(2)10-17-12-15/h3-7,9-10,12,18H,1,8,11H2,2H3. The van der Waals surface area contributed by atoms with E-state index < -0.39 is 0 Å². The van der Waals surface area contributed by atoms with E-state index in [4.69, 9.17) is 4.74 Å². The molecular weight excluding hydrogens is 236 g/mol. The Morgan fingerprint density at radius 2 is 2.16 bits per heavy atom. The van der Waals surface area contributed by atoms with Gasteiger partial charge in [0.05, 0.1) is 5.69 Å². The summed E-state index contributed by atoms with van der Waals surface area (Å²) >= 11 is 0. The summed E-state index contributed by atoms with van der Waals surface area (Å²) in [6, 6.07) is 10.1. The van der Waals surface area contributed by atoms with Gasteiger partial charge in [-0.05, 0) is 24.6 Å². The second kappa shape index (κ2) is 6.59. The van der Waals surface area contributed by atoms with Crippen LogP contribution in [0.1, 0.15) is 11.1 Å². The molecule has 1 aromatic heterocycles. The first-order chi connectivity index (χ1) is 9.29. The Kier molecular flexibility index (Phi) is 4.56. The van der Waals surface area contributed by atoms with Crippen molar-refractivity contribution in [1.82, 2.24) is 4.98 Å². The Labute approximate surface area is 114 Å². The van der Waals surface area contributed by atoms with E-state index in [1.165, 1.54) is 0 Å². The third kappa shape index (κ3) is 3.85. The largest absolute Gasteiger partial charge is 0.489 e. The number of anilines is 1. The molecule has 1 aromatic carbocycles. The lowest BCUT2D eigenvalue weighted by Gasteiger charge is -2.11. The fourth-order valence-electron chi connectivity index (χ4n) is 1.79. The molecule has 19 heavy (non-hydrogen) atoms. The fraction of sp³-hybridized carbons (Fsp3) is 0.188. The molecule has 0 amide bonds. The van der Waals surface area contributed by atoms with E-state index in [-0.39, 0.29) is 0 Å². The van der Waals surface area contributed by atoms with Crippen LogP contribution in [0, 0.1) is 6.92 Å². The average Bonchev–Trinajstić information content (AvgIpc) is 2.44. The first-order valence-corrected chi connectivity index (χ1v) is 6.26. The van der Waals surface area contributed by atoms with Crippen molar-refractivity contribution in [2.24, 2.45) is 0 Å². The third-order valence-corrected chi connectivity index (χ3v) is 2.69. The second-order valence-electron chi connectivity index (χ2n) is 4.31. The number of rotatable bonds is 6. The van der Waals surface area contributed by atoms with Crippen LogP contribution in [0.3, 0.4) is 0 Å². The molecule has 0 aliphatic carbocycles. The molecule has 3 nitrogen and oxygen atoms in total.